The van der Waals surface area contributed by atoms with Gasteiger partial charge in [-0.1, -0.05) is 65.6 Å². The van der Waals surface area contributed by atoms with E-state index in [2.05, 4.69) is 22.1 Å². The Balaban J connectivity index is 1.66. The summed E-state index contributed by atoms with van der Waals surface area (Å²) in [6, 6.07) is 13.7. The first-order valence-electron chi connectivity index (χ1n) is 7.70. The van der Waals surface area contributed by atoms with Gasteiger partial charge >= 0.3 is 0 Å². The molecule has 0 bridgehead atoms. The molecule has 1 aromatic heterocycles. The Morgan fingerprint density at radius 2 is 2.12 bits per heavy atom. The molecule has 1 atom stereocenters. The molecule has 0 unspecified atom stereocenters. The van der Waals surface area contributed by atoms with Gasteiger partial charge in [0.15, 0.2) is 10.4 Å². The molecule has 0 radical (unpaired) electrons. The van der Waals surface area contributed by atoms with Gasteiger partial charge in [0, 0.05) is 11.1 Å². The van der Waals surface area contributed by atoms with Crippen molar-refractivity contribution in [2.45, 2.75) is 17.4 Å². The Kier molecular flexibility index (Phi) is 5.67. The summed E-state index contributed by atoms with van der Waals surface area (Å²) in [7, 11) is 0. The molecule has 0 saturated heterocycles. The molecule has 25 heavy (non-hydrogen) atoms. The lowest BCUT2D eigenvalue weighted by Gasteiger charge is -2.15. The monoisotopic (exact) mass is 371 g/mol. The van der Waals surface area contributed by atoms with Crippen molar-refractivity contribution in [3.63, 3.8) is 0 Å². The summed E-state index contributed by atoms with van der Waals surface area (Å²) in [5.41, 5.74) is 0. The van der Waals surface area contributed by atoms with E-state index in [4.69, 9.17) is 4.74 Å². The molecule has 3 aromatic rings. The van der Waals surface area contributed by atoms with Crippen LogP contribution in [0.3, 0.4) is 0 Å². The number of carbonyl (C=O) groups is 1. The van der Waals surface area contributed by atoms with E-state index in [1.807, 2.05) is 42.5 Å². The van der Waals surface area contributed by atoms with Gasteiger partial charge in [-0.25, -0.2) is 0 Å². The molecule has 1 amide bonds. The number of fused-ring (bicyclic) bond motifs is 1. The number of nitrogens with zero attached hydrogens (tertiary/aromatic N) is 2. The van der Waals surface area contributed by atoms with Crippen LogP contribution < -0.4 is 10.1 Å². The van der Waals surface area contributed by atoms with Gasteiger partial charge in [-0.2, -0.15) is 0 Å². The fraction of sp³-hybridized carbons (Fsp3) is 0.167. The van der Waals surface area contributed by atoms with Crippen molar-refractivity contribution >= 4 is 44.9 Å². The third-order valence-corrected chi connectivity index (χ3v) is 5.35. The minimum atomic E-state index is -0.654. The minimum absolute atomic E-state index is 0.260. The summed E-state index contributed by atoms with van der Waals surface area (Å²) in [5.74, 6) is 1.17. The van der Waals surface area contributed by atoms with Crippen molar-refractivity contribution in [1.82, 2.24) is 10.2 Å². The van der Waals surface area contributed by atoms with Crippen molar-refractivity contribution in [2.24, 2.45) is 0 Å². The van der Waals surface area contributed by atoms with Gasteiger partial charge < -0.3 is 4.74 Å². The van der Waals surface area contributed by atoms with Crippen molar-refractivity contribution in [3.8, 4) is 5.75 Å². The van der Waals surface area contributed by atoms with Gasteiger partial charge in [-0.05, 0) is 18.4 Å². The minimum Gasteiger partial charge on any atom is -0.480 e. The average molecular weight is 371 g/mol. The molecule has 0 aliphatic heterocycles. The molecular weight excluding hydrogens is 354 g/mol. The lowest BCUT2D eigenvalue weighted by Crippen LogP contribution is -2.30. The molecule has 5 nitrogen and oxygen atoms in total. The molecular formula is C18H17N3O2S2. The number of aromatic nitrogens is 2. The Bertz CT molecular complexity index is 889. The molecule has 0 spiro atoms. The predicted octanol–water partition coefficient (Wildman–Crippen LogP) is 4.38. The standard InChI is InChI=1S/C18H17N3O2S2/c1-3-11-24-18-21-20-17(25-18)19-16(22)12(2)23-15-10-6-8-13-7-4-5-9-14(13)15/h3-10,12H,1,11H2,2H3,(H,19,20,22)/t12-/m0/s1. The Morgan fingerprint density at radius 3 is 2.96 bits per heavy atom. The second kappa shape index (κ2) is 8.13. The summed E-state index contributed by atoms with van der Waals surface area (Å²) in [6.45, 7) is 5.38. The highest BCUT2D eigenvalue weighted by atomic mass is 32.2. The van der Waals surface area contributed by atoms with E-state index in [1.54, 1.807) is 13.0 Å². The molecule has 0 aliphatic carbocycles. The fourth-order valence-electron chi connectivity index (χ4n) is 2.20. The van der Waals surface area contributed by atoms with E-state index in [0.717, 1.165) is 20.9 Å². The van der Waals surface area contributed by atoms with Gasteiger partial charge in [0.05, 0.1) is 0 Å². The van der Waals surface area contributed by atoms with Crippen LogP contribution in [0.2, 0.25) is 0 Å². The van der Waals surface area contributed by atoms with E-state index < -0.39 is 6.10 Å². The highest BCUT2D eigenvalue weighted by Crippen LogP contribution is 2.27. The first kappa shape index (κ1) is 17.4. The Hall–Kier alpha value is -2.38. The number of ether oxygens (including phenoxy) is 1. The Morgan fingerprint density at radius 1 is 1.32 bits per heavy atom. The van der Waals surface area contributed by atoms with Crippen LogP contribution in [0.15, 0.2) is 59.5 Å². The van der Waals surface area contributed by atoms with Gasteiger partial charge in [0.1, 0.15) is 5.75 Å². The number of nitrogens with one attached hydrogen (secondary N) is 1. The van der Waals surface area contributed by atoms with Gasteiger partial charge in [-0.15, -0.1) is 16.8 Å². The quantitative estimate of drug-likeness (QED) is 0.379. The maximum absolute atomic E-state index is 12.4. The first-order valence-corrected chi connectivity index (χ1v) is 9.50. The lowest BCUT2D eigenvalue weighted by atomic mass is 10.1. The Labute approximate surface area is 154 Å². The number of benzene rings is 2. The number of amides is 1. The molecule has 1 N–H and O–H groups in total. The zero-order chi connectivity index (χ0) is 17.6. The third kappa shape index (κ3) is 4.37. The highest BCUT2D eigenvalue weighted by Gasteiger charge is 2.18. The molecule has 7 heteroatoms. The fourth-order valence-corrected chi connectivity index (χ4v) is 3.71. The van der Waals surface area contributed by atoms with Crippen molar-refractivity contribution in [2.75, 3.05) is 11.1 Å². The SMILES string of the molecule is C=CCSc1nnc(NC(=O)[C@H](C)Oc2cccc3ccccc23)s1. The molecule has 128 valence electrons. The molecule has 0 aliphatic rings. The molecule has 3 rings (SSSR count). The maximum atomic E-state index is 12.4. The number of carbonyl (C=O) groups excluding carboxylic acids is 1. The van der Waals surface area contributed by atoms with Crippen LogP contribution in [-0.4, -0.2) is 28.0 Å². The van der Waals surface area contributed by atoms with Crippen LogP contribution in [0.4, 0.5) is 5.13 Å². The van der Waals surface area contributed by atoms with Crippen LogP contribution in [0.1, 0.15) is 6.92 Å². The summed E-state index contributed by atoms with van der Waals surface area (Å²) >= 11 is 2.86. The molecule has 1 heterocycles. The van der Waals surface area contributed by atoms with Crippen LogP contribution in [-0.2, 0) is 4.79 Å². The second-order valence-corrected chi connectivity index (χ2v) is 7.44. The first-order chi connectivity index (χ1) is 12.2. The van der Waals surface area contributed by atoms with Gasteiger partial charge in [0.25, 0.3) is 5.91 Å². The van der Waals surface area contributed by atoms with Crippen LogP contribution in [0, 0.1) is 0 Å². The summed E-state index contributed by atoms with van der Waals surface area (Å²) in [6.07, 6.45) is 1.14. The highest BCUT2D eigenvalue weighted by molar-refractivity contribution is 8.01. The van der Waals surface area contributed by atoms with Crippen molar-refractivity contribution in [1.29, 1.82) is 0 Å². The van der Waals surface area contributed by atoms with E-state index >= 15 is 0 Å². The van der Waals surface area contributed by atoms with Crippen LogP contribution in [0.25, 0.3) is 10.8 Å². The smallest absolute Gasteiger partial charge is 0.266 e. The number of anilines is 1. The predicted molar refractivity (Wildman–Crippen MR) is 103 cm³/mol. The van der Waals surface area contributed by atoms with E-state index in [0.29, 0.717) is 10.9 Å². The largest absolute Gasteiger partial charge is 0.480 e. The van der Waals surface area contributed by atoms with Crippen LogP contribution >= 0.6 is 23.1 Å². The lowest BCUT2D eigenvalue weighted by molar-refractivity contribution is -0.122. The maximum Gasteiger partial charge on any atom is 0.266 e. The molecule has 0 saturated carbocycles. The zero-order valence-electron chi connectivity index (χ0n) is 13.6. The van der Waals surface area contributed by atoms with E-state index in [-0.39, 0.29) is 5.91 Å². The topological polar surface area (TPSA) is 64.1 Å². The average Bonchev–Trinajstić information content (AvgIpc) is 3.07. The molecule has 0 fully saturated rings. The second-order valence-electron chi connectivity index (χ2n) is 5.20. The van der Waals surface area contributed by atoms with Gasteiger partial charge in [0.2, 0.25) is 5.13 Å². The van der Waals surface area contributed by atoms with Crippen LogP contribution in [0.5, 0.6) is 5.75 Å². The number of rotatable bonds is 7. The third-order valence-electron chi connectivity index (χ3n) is 3.38. The summed E-state index contributed by atoms with van der Waals surface area (Å²) in [5, 5.41) is 13.3. The summed E-state index contributed by atoms with van der Waals surface area (Å²) in [4.78, 5) is 12.4. The van der Waals surface area contributed by atoms with Crippen molar-refractivity contribution < 1.29 is 9.53 Å². The normalized spacial score (nSPS) is 11.9. The van der Waals surface area contributed by atoms with E-state index in [1.165, 1.54) is 23.1 Å². The van der Waals surface area contributed by atoms with Crippen molar-refractivity contribution in [3.05, 3.63) is 55.1 Å². The number of thioether (sulfide) groups is 1. The zero-order valence-corrected chi connectivity index (χ0v) is 15.3. The summed E-state index contributed by atoms with van der Waals surface area (Å²) < 4.78 is 6.65. The number of hydrogen-bond acceptors (Lipinski definition) is 6. The number of hydrogen-bond donors (Lipinski definition) is 1. The molecule has 2 aromatic carbocycles. The van der Waals surface area contributed by atoms with Gasteiger partial charge in [-0.3, -0.25) is 10.1 Å². The van der Waals surface area contributed by atoms with E-state index in [9.17, 15) is 4.79 Å².